The molecule has 1 fully saturated rings. The first kappa shape index (κ1) is 12.7. The van der Waals surface area contributed by atoms with Crippen LogP contribution in [-0.2, 0) is 4.79 Å². The molecule has 3 rings (SSSR count). The van der Waals surface area contributed by atoms with Gasteiger partial charge in [0.15, 0.2) is 0 Å². The van der Waals surface area contributed by atoms with Crippen LogP contribution in [0.3, 0.4) is 0 Å². The van der Waals surface area contributed by atoms with Crippen LogP contribution in [0.2, 0.25) is 0 Å². The van der Waals surface area contributed by atoms with E-state index in [0.717, 1.165) is 5.56 Å². The van der Waals surface area contributed by atoms with Crippen LogP contribution in [-0.4, -0.2) is 31.2 Å². The first-order valence-corrected chi connectivity index (χ1v) is 6.26. The normalized spacial score (nSPS) is 23.6. The van der Waals surface area contributed by atoms with E-state index in [4.69, 9.17) is 9.63 Å². The largest absolute Gasteiger partial charge is 0.481 e. The molecule has 2 aromatic rings. The van der Waals surface area contributed by atoms with Gasteiger partial charge in [0.2, 0.25) is 17.5 Å². The van der Waals surface area contributed by atoms with Crippen molar-refractivity contribution in [3.05, 3.63) is 23.8 Å². The van der Waals surface area contributed by atoms with Gasteiger partial charge in [-0.15, -0.1) is 0 Å². The molecule has 1 aliphatic rings. The first-order chi connectivity index (χ1) is 9.41. The van der Waals surface area contributed by atoms with Crippen LogP contribution in [0.1, 0.15) is 31.2 Å². The Bertz CT molecular complexity index is 663. The van der Waals surface area contributed by atoms with Gasteiger partial charge in [-0.1, -0.05) is 19.0 Å². The summed E-state index contributed by atoms with van der Waals surface area (Å²) < 4.78 is 5.18. The summed E-state index contributed by atoms with van der Waals surface area (Å²) in [6, 6.07) is 0. The van der Waals surface area contributed by atoms with E-state index in [0.29, 0.717) is 11.7 Å². The Balaban J connectivity index is 1.88. The second-order valence-corrected chi connectivity index (χ2v) is 5.66. The highest BCUT2D eigenvalue weighted by Crippen LogP contribution is 2.64. The standard InChI is InChI=1S/C13H14N4O3/c1-6-4-14-9(15-5-6)10-16-11(20-17-10)7-8(12(18)19)13(7,2)3/h4-5,7-8H,1-3H3,(H,18,19). The van der Waals surface area contributed by atoms with Gasteiger partial charge in [0.1, 0.15) is 0 Å². The second kappa shape index (κ2) is 4.09. The summed E-state index contributed by atoms with van der Waals surface area (Å²) in [6.07, 6.45) is 3.33. The summed E-state index contributed by atoms with van der Waals surface area (Å²) in [6.45, 7) is 5.64. The van der Waals surface area contributed by atoms with Gasteiger partial charge in [0.25, 0.3) is 0 Å². The van der Waals surface area contributed by atoms with E-state index in [1.807, 2.05) is 20.8 Å². The number of carboxylic acids is 1. The minimum atomic E-state index is -0.841. The fourth-order valence-corrected chi connectivity index (χ4v) is 2.52. The minimum Gasteiger partial charge on any atom is -0.481 e. The molecule has 1 N–H and O–H groups in total. The number of aliphatic carboxylic acids is 1. The highest BCUT2D eigenvalue weighted by atomic mass is 16.5. The Morgan fingerprint density at radius 3 is 2.50 bits per heavy atom. The third kappa shape index (κ3) is 1.86. The van der Waals surface area contributed by atoms with Crippen LogP contribution in [0.5, 0.6) is 0 Å². The van der Waals surface area contributed by atoms with Crippen molar-refractivity contribution >= 4 is 5.97 Å². The van der Waals surface area contributed by atoms with Crippen molar-refractivity contribution < 1.29 is 14.4 Å². The molecule has 0 amide bonds. The highest BCUT2D eigenvalue weighted by Gasteiger charge is 2.65. The zero-order valence-corrected chi connectivity index (χ0v) is 11.4. The Hall–Kier alpha value is -2.31. The predicted molar refractivity (Wildman–Crippen MR) is 67.7 cm³/mol. The van der Waals surface area contributed by atoms with E-state index >= 15 is 0 Å². The maximum Gasteiger partial charge on any atom is 0.307 e. The second-order valence-electron chi connectivity index (χ2n) is 5.66. The SMILES string of the molecule is Cc1cnc(-c2noc(C3C(C(=O)O)C3(C)C)n2)nc1. The highest BCUT2D eigenvalue weighted by molar-refractivity contribution is 5.77. The molecular formula is C13H14N4O3. The number of nitrogens with zero attached hydrogens (tertiary/aromatic N) is 4. The summed E-state index contributed by atoms with van der Waals surface area (Å²) in [5.41, 5.74) is 0.566. The van der Waals surface area contributed by atoms with E-state index in [-0.39, 0.29) is 17.2 Å². The molecule has 2 aromatic heterocycles. The Kier molecular flexibility index (Phi) is 2.60. The van der Waals surface area contributed by atoms with E-state index < -0.39 is 11.9 Å². The van der Waals surface area contributed by atoms with Crippen molar-refractivity contribution in [2.45, 2.75) is 26.7 Å². The predicted octanol–water partition coefficient (Wildman–Crippen LogP) is 1.66. The maximum absolute atomic E-state index is 11.2. The molecule has 7 nitrogen and oxygen atoms in total. The van der Waals surface area contributed by atoms with Crippen molar-refractivity contribution in [3.63, 3.8) is 0 Å². The van der Waals surface area contributed by atoms with Crippen LogP contribution < -0.4 is 0 Å². The zero-order valence-electron chi connectivity index (χ0n) is 11.4. The number of carbonyl (C=O) groups is 1. The lowest BCUT2D eigenvalue weighted by Gasteiger charge is -1.96. The molecule has 7 heteroatoms. The molecule has 2 unspecified atom stereocenters. The van der Waals surface area contributed by atoms with Crippen molar-refractivity contribution in [2.75, 3.05) is 0 Å². The number of hydrogen-bond donors (Lipinski definition) is 1. The van der Waals surface area contributed by atoms with Crippen molar-refractivity contribution in [1.29, 1.82) is 0 Å². The van der Waals surface area contributed by atoms with Gasteiger partial charge in [0.05, 0.1) is 11.8 Å². The summed E-state index contributed by atoms with van der Waals surface area (Å²) in [4.78, 5) is 23.6. The summed E-state index contributed by atoms with van der Waals surface area (Å²) in [5.74, 6) is -0.600. The van der Waals surface area contributed by atoms with E-state index in [1.165, 1.54) is 0 Å². The Morgan fingerprint density at radius 1 is 1.30 bits per heavy atom. The number of aryl methyl sites for hydroxylation is 1. The molecule has 0 bridgehead atoms. The van der Waals surface area contributed by atoms with Crippen molar-refractivity contribution in [2.24, 2.45) is 11.3 Å². The van der Waals surface area contributed by atoms with Gasteiger partial charge in [-0.05, 0) is 17.9 Å². The number of hydrogen-bond acceptors (Lipinski definition) is 6. The number of aromatic nitrogens is 4. The van der Waals surface area contributed by atoms with Gasteiger partial charge in [-0.3, -0.25) is 4.79 Å². The van der Waals surface area contributed by atoms with Gasteiger partial charge in [0, 0.05) is 12.4 Å². The Morgan fingerprint density at radius 2 is 1.95 bits per heavy atom. The van der Waals surface area contributed by atoms with Crippen LogP contribution >= 0.6 is 0 Å². The van der Waals surface area contributed by atoms with Gasteiger partial charge in [-0.2, -0.15) is 4.98 Å². The molecule has 0 radical (unpaired) electrons. The van der Waals surface area contributed by atoms with Gasteiger partial charge >= 0.3 is 5.97 Å². The van der Waals surface area contributed by atoms with E-state index in [1.54, 1.807) is 12.4 Å². The minimum absolute atomic E-state index is 0.258. The molecule has 0 aliphatic heterocycles. The average Bonchev–Trinajstić information content (AvgIpc) is 2.74. The van der Waals surface area contributed by atoms with E-state index in [2.05, 4.69) is 20.1 Å². The molecule has 0 saturated heterocycles. The molecule has 0 spiro atoms. The molecule has 0 aromatic carbocycles. The molecule has 2 atom stereocenters. The third-order valence-corrected chi connectivity index (χ3v) is 3.78. The smallest absolute Gasteiger partial charge is 0.307 e. The lowest BCUT2D eigenvalue weighted by Crippen LogP contribution is -2.03. The topological polar surface area (TPSA) is 102 Å². The maximum atomic E-state index is 11.2. The number of rotatable bonds is 3. The van der Waals surface area contributed by atoms with Crippen molar-refractivity contribution in [1.82, 2.24) is 20.1 Å². The molecule has 1 saturated carbocycles. The Labute approximate surface area is 115 Å². The zero-order chi connectivity index (χ0) is 14.5. The molecule has 104 valence electrons. The fraction of sp³-hybridized carbons (Fsp3) is 0.462. The molecule has 1 aliphatic carbocycles. The van der Waals surface area contributed by atoms with Crippen LogP contribution in [0, 0.1) is 18.3 Å². The first-order valence-electron chi connectivity index (χ1n) is 6.26. The third-order valence-electron chi connectivity index (χ3n) is 3.78. The van der Waals surface area contributed by atoms with Crippen molar-refractivity contribution in [3.8, 4) is 11.6 Å². The van der Waals surface area contributed by atoms with Gasteiger partial charge < -0.3 is 9.63 Å². The van der Waals surface area contributed by atoms with Crippen LogP contribution in [0.15, 0.2) is 16.9 Å². The average molecular weight is 274 g/mol. The molecule has 20 heavy (non-hydrogen) atoms. The number of carboxylic acid groups (broad SMARTS) is 1. The summed E-state index contributed by atoms with van der Waals surface area (Å²) in [7, 11) is 0. The molecule has 2 heterocycles. The molecular weight excluding hydrogens is 260 g/mol. The van der Waals surface area contributed by atoms with E-state index in [9.17, 15) is 4.79 Å². The quantitative estimate of drug-likeness (QED) is 0.907. The monoisotopic (exact) mass is 274 g/mol. The van der Waals surface area contributed by atoms with Crippen LogP contribution in [0.25, 0.3) is 11.6 Å². The summed E-state index contributed by atoms with van der Waals surface area (Å²) in [5, 5.41) is 13.0. The fourth-order valence-electron chi connectivity index (χ4n) is 2.52. The lowest BCUT2D eigenvalue weighted by molar-refractivity contribution is -0.139. The van der Waals surface area contributed by atoms with Crippen LogP contribution in [0.4, 0.5) is 0 Å². The summed E-state index contributed by atoms with van der Waals surface area (Å²) >= 11 is 0. The van der Waals surface area contributed by atoms with Gasteiger partial charge in [-0.25, -0.2) is 9.97 Å². The lowest BCUT2D eigenvalue weighted by atomic mass is 10.1.